The highest BCUT2D eigenvalue weighted by Crippen LogP contribution is 2.30. The van der Waals surface area contributed by atoms with E-state index >= 15 is 0 Å². The van der Waals surface area contributed by atoms with Crippen molar-refractivity contribution in [3.63, 3.8) is 0 Å². The second-order valence-electron chi connectivity index (χ2n) is 4.24. The summed E-state index contributed by atoms with van der Waals surface area (Å²) in [5.74, 6) is 1.62. The molecular formula is C13H12ClN5O. The van der Waals surface area contributed by atoms with Crippen molar-refractivity contribution in [2.75, 3.05) is 0 Å². The van der Waals surface area contributed by atoms with Crippen LogP contribution in [0.25, 0.3) is 5.65 Å². The molecule has 0 fully saturated rings. The second-order valence-corrected chi connectivity index (χ2v) is 4.65. The van der Waals surface area contributed by atoms with E-state index in [4.69, 9.17) is 22.1 Å². The van der Waals surface area contributed by atoms with Gasteiger partial charge in [0.05, 0.1) is 5.02 Å². The van der Waals surface area contributed by atoms with E-state index in [1.165, 1.54) is 0 Å². The number of benzene rings is 1. The fourth-order valence-corrected chi connectivity index (χ4v) is 2.09. The van der Waals surface area contributed by atoms with E-state index in [-0.39, 0.29) is 0 Å². The van der Waals surface area contributed by atoms with Gasteiger partial charge in [-0.15, -0.1) is 10.2 Å². The fourth-order valence-electron chi connectivity index (χ4n) is 1.85. The van der Waals surface area contributed by atoms with E-state index in [9.17, 15) is 0 Å². The lowest BCUT2D eigenvalue weighted by Crippen LogP contribution is -1.98. The highest BCUT2D eigenvalue weighted by molar-refractivity contribution is 6.32. The molecule has 0 atom stereocenters. The predicted molar refractivity (Wildman–Crippen MR) is 74.9 cm³/mol. The molecule has 3 aromatic rings. The van der Waals surface area contributed by atoms with Gasteiger partial charge in [0.1, 0.15) is 11.6 Å². The molecule has 0 bridgehead atoms. The van der Waals surface area contributed by atoms with Crippen molar-refractivity contribution < 1.29 is 4.74 Å². The molecule has 0 saturated carbocycles. The fraction of sp³-hybridized carbons (Fsp3) is 0.154. The molecule has 2 aromatic heterocycles. The van der Waals surface area contributed by atoms with Crippen LogP contribution in [0.1, 0.15) is 11.4 Å². The first-order chi connectivity index (χ1) is 9.69. The molecule has 20 heavy (non-hydrogen) atoms. The first-order valence-corrected chi connectivity index (χ1v) is 6.39. The topological polar surface area (TPSA) is 78.3 Å². The summed E-state index contributed by atoms with van der Waals surface area (Å²) in [6.45, 7) is 2.28. The zero-order chi connectivity index (χ0) is 14.1. The molecule has 2 N–H and O–H groups in total. The minimum Gasteiger partial charge on any atom is -0.434 e. The van der Waals surface area contributed by atoms with Gasteiger partial charge in [0.2, 0.25) is 5.65 Å². The van der Waals surface area contributed by atoms with E-state index in [2.05, 4.69) is 15.2 Å². The molecule has 7 heteroatoms. The molecule has 0 amide bonds. The molecule has 6 nitrogen and oxygen atoms in total. The summed E-state index contributed by atoms with van der Waals surface area (Å²) < 4.78 is 7.52. The summed E-state index contributed by atoms with van der Waals surface area (Å²) in [7, 11) is 0. The summed E-state index contributed by atoms with van der Waals surface area (Å²) in [6, 6.07) is 5.39. The van der Waals surface area contributed by atoms with Gasteiger partial charge in [-0.05, 0) is 24.6 Å². The number of nitrogens with two attached hydrogens (primary N) is 1. The average molecular weight is 290 g/mol. The Morgan fingerprint density at radius 1 is 1.35 bits per heavy atom. The van der Waals surface area contributed by atoms with Crippen molar-refractivity contribution in [1.82, 2.24) is 19.6 Å². The number of aromatic nitrogens is 4. The molecule has 0 radical (unpaired) electrons. The van der Waals surface area contributed by atoms with Crippen LogP contribution in [0.5, 0.6) is 11.6 Å². The first kappa shape index (κ1) is 12.8. The number of nitrogens with zero attached hydrogens (tertiary/aromatic N) is 4. The van der Waals surface area contributed by atoms with E-state index in [0.717, 1.165) is 11.4 Å². The highest BCUT2D eigenvalue weighted by atomic mass is 35.5. The Balaban J connectivity index is 2.01. The molecule has 3 rings (SSSR count). The van der Waals surface area contributed by atoms with Crippen LogP contribution in [-0.4, -0.2) is 19.6 Å². The van der Waals surface area contributed by atoms with Crippen molar-refractivity contribution in [3.8, 4) is 11.6 Å². The smallest absolute Gasteiger partial charge is 0.265 e. The van der Waals surface area contributed by atoms with Crippen LogP contribution in [0.3, 0.4) is 0 Å². The van der Waals surface area contributed by atoms with Crippen LogP contribution in [0.2, 0.25) is 5.02 Å². The second kappa shape index (κ2) is 5.07. The molecule has 0 saturated heterocycles. The van der Waals surface area contributed by atoms with Crippen molar-refractivity contribution in [2.24, 2.45) is 5.73 Å². The standard InChI is InChI=1S/C13H12ClN5O/c1-8-17-18-12-13(16-4-5-19(8)12)20-11-3-2-9(7-15)6-10(11)14/h2-6H,7,15H2,1H3. The maximum Gasteiger partial charge on any atom is 0.265 e. The normalized spacial score (nSPS) is 10.9. The zero-order valence-electron chi connectivity index (χ0n) is 10.7. The third-order valence-corrected chi connectivity index (χ3v) is 3.20. The maximum atomic E-state index is 6.16. The van der Waals surface area contributed by atoms with Gasteiger partial charge in [-0.25, -0.2) is 4.98 Å². The molecule has 0 spiro atoms. The van der Waals surface area contributed by atoms with Crippen LogP contribution in [0.15, 0.2) is 30.6 Å². The number of fused-ring (bicyclic) bond motifs is 1. The van der Waals surface area contributed by atoms with Gasteiger partial charge in [0.15, 0.2) is 0 Å². The quantitative estimate of drug-likeness (QED) is 0.800. The Bertz CT molecular complexity index is 771. The minimum atomic E-state index is 0.357. The predicted octanol–water partition coefficient (Wildman–Crippen LogP) is 2.34. The van der Waals surface area contributed by atoms with Crippen LogP contribution >= 0.6 is 11.6 Å². The van der Waals surface area contributed by atoms with Gasteiger partial charge < -0.3 is 10.5 Å². The van der Waals surface area contributed by atoms with E-state index in [0.29, 0.717) is 28.8 Å². The third-order valence-electron chi connectivity index (χ3n) is 2.90. The van der Waals surface area contributed by atoms with E-state index in [1.54, 1.807) is 28.9 Å². The molecule has 0 unspecified atom stereocenters. The molecule has 0 aliphatic heterocycles. The van der Waals surface area contributed by atoms with Crippen molar-refractivity contribution in [2.45, 2.75) is 13.5 Å². The van der Waals surface area contributed by atoms with Gasteiger partial charge >= 0.3 is 0 Å². The Hall–Kier alpha value is -2.18. The lowest BCUT2D eigenvalue weighted by Gasteiger charge is -2.08. The molecule has 2 heterocycles. The van der Waals surface area contributed by atoms with Crippen LogP contribution < -0.4 is 10.5 Å². The molecule has 0 aliphatic carbocycles. The summed E-state index contributed by atoms with van der Waals surface area (Å²) in [4.78, 5) is 4.17. The van der Waals surface area contributed by atoms with Gasteiger partial charge in [-0.3, -0.25) is 4.40 Å². The summed E-state index contributed by atoms with van der Waals surface area (Å²) >= 11 is 6.16. The van der Waals surface area contributed by atoms with Crippen molar-refractivity contribution in [3.05, 3.63) is 47.0 Å². The molecule has 1 aromatic carbocycles. The summed E-state index contributed by atoms with van der Waals surface area (Å²) in [5, 5.41) is 8.51. The minimum absolute atomic E-state index is 0.357. The number of rotatable bonds is 3. The maximum absolute atomic E-state index is 6.16. The largest absolute Gasteiger partial charge is 0.434 e. The van der Waals surface area contributed by atoms with Crippen LogP contribution in [0, 0.1) is 6.92 Å². The molecule has 0 aliphatic rings. The van der Waals surface area contributed by atoms with Crippen molar-refractivity contribution in [1.29, 1.82) is 0 Å². The van der Waals surface area contributed by atoms with Gasteiger partial charge in [0, 0.05) is 18.9 Å². The Morgan fingerprint density at radius 3 is 2.95 bits per heavy atom. The molecular weight excluding hydrogens is 278 g/mol. The molecule has 102 valence electrons. The Morgan fingerprint density at radius 2 is 2.20 bits per heavy atom. The Kier molecular flexibility index (Phi) is 3.25. The number of aryl methyl sites for hydroxylation is 1. The van der Waals surface area contributed by atoms with Crippen LogP contribution in [0.4, 0.5) is 0 Å². The summed E-state index contributed by atoms with van der Waals surface area (Å²) in [6.07, 6.45) is 3.40. The van der Waals surface area contributed by atoms with E-state index in [1.807, 2.05) is 13.0 Å². The highest BCUT2D eigenvalue weighted by Gasteiger charge is 2.11. The third kappa shape index (κ3) is 2.19. The SMILES string of the molecule is Cc1nnc2c(Oc3ccc(CN)cc3Cl)nccn12. The zero-order valence-corrected chi connectivity index (χ0v) is 11.5. The lowest BCUT2D eigenvalue weighted by molar-refractivity contribution is 0.465. The number of halogens is 1. The Labute approximate surface area is 120 Å². The first-order valence-electron chi connectivity index (χ1n) is 6.01. The number of hydrogen-bond acceptors (Lipinski definition) is 5. The van der Waals surface area contributed by atoms with Gasteiger partial charge in [-0.2, -0.15) is 0 Å². The lowest BCUT2D eigenvalue weighted by atomic mass is 10.2. The van der Waals surface area contributed by atoms with E-state index < -0.39 is 0 Å². The van der Waals surface area contributed by atoms with Gasteiger partial charge in [0.25, 0.3) is 5.88 Å². The summed E-state index contributed by atoms with van der Waals surface area (Å²) in [5.41, 5.74) is 7.05. The average Bonchev–Trinajstić information content (AvgIpc) is 2.84. The number of ether oxygens (including phenoxy) is 1. The number of hydrogen-bond donors (Lipinski definition) is 1. The monoisotopic (exact) mass is 289 g/mol. The van der Waals surface area contributed by atoms with Crippen LogP contribution in [-0.2, 0) is 6.54 Å². The van der Waals surface area contributed by atoms with Gasteiger partial charge in [-0.1, -0.05) is 17.7 Å². The van der Waals surface area contributed by atoms with Crippen molar-refractivity contribution >= 4 is 17.2 Å².